The number of amides is 2. The molecule has 8 heteroatoms. The van der Waals surface area contributed by atoms with Gasteiger partial charge in [0.1, 0.15) is 12.6 Å². The van der Waals surface area contributed by atoms with E-state index in [0.29, 0.717) is 6.42 Å². The van der Waals surface area contributed by atoms with E-state index in [1.807, 2.05) is 38.1 Å². The molecular formula is C27H35N3O5. The summed E-state index contributed by atoms with van der Waals surface area (Å²) in [5, 5.41) is 14.7. The molecule has 2 atom stereocenters. The number of hydrogen-bond donors (Lipinski definition) is 3. The van der Waals surface area contributed by atoms with Crippen molar-refractivity contribution < 1.29 is 24.2 Å². The second-order valence-electron chi connectivity index (χ2n) is 9.69. The van der Waals surface area contributed by atoms with Gasteiger partial charge in [0.25, 0.3) is 0 Å². The predicted molar refractivity (Wildman–Crippen MR) is 134 cm³/mol. The number of carbonyl (C=O) groups excluding carboxylic acids is 2. The van der Waals surface area contributed by atoms with Crippen LogP contribution in [0.1, 0.15) is 37.3 Å². The number of benzene rings is 2. The summed E-state index contributed by atoms with van der Waals surface area (Å²) >= 11 is 0. The highest BCUT2D eigenvalue weighted by Crippen LogP contribution is 2.44. The van der Waals surface area contributed by atoms with E-state index in [1.165, 1.54) is 0 Å². The van der Waals surface area contributed by atoms with Crippen molar-refractivity contribution in [2.24, 2.45) is 11.8 Å². The summed E-state index contributed by atoms with van der Waals surface area (Å²) in [7, 11) is 3.48. The number of nitrogens with one attached hydrogen (secondary N) is 2. The molecular weight excluding hydrogens is 446 g/mol. The van der Waals surface area contributed by atoms with Gasteiger partial charge in [-0.1, -0.05) is 62.4 Å². The first-order valence-corrected chi connectivity index (χ1v) is 11.9. The fourth-order valence-corrected chi connectivity index (χ4v) is 4.55. The highest BCUT2D eigenvalue weighted by Gasteiger charge is 2.30. The molecule has 0 spiro atoms. The van der Waals surface area contributed by atoms with E-state index >= 15 is 0 Å². The third kappa shape index (κ3) is 6.82. The molecule has 0 aliphatic heterocycles. The number of likely N-dealkylation sites (N-methyl/N-ethyl adjacent to an activating group) is 1. The van der Waals surface area contributed by atoms with Crippen molar-refractivity contribution in [2.45, 2.75) is 32.2 Å². The number of rotatable bonds is 11. The number of hydrogen-bond acceptors (Lipinski definition) is 5. The standard InChI is InChI=1S/C27H35N3O5/c1-17(2)13-18(25(31)29-24(26(32)33)15-30(3)4)14-28-27(34)35-16-23-21-11-7-5-9-19(21)20-10-6-8-12-22(20)23/h5-12,17-18,23-24H,13-16H2,1-4H3,(H,28,34)(H,29,31)(H,32,33)/t18?,24-/m0/s1. The molecule has 1 unspecified atom stereocenters. The quantitative estimate of drug-likeness (QED) is 0.454. The van der Waals surface area contributed by atoms with Crippen LogP contribution < -0.4 is 10.6 Å². The van der Waals surface area contributed by atoms with E-state index < -0.39 is 29.9 Å². The van der Waals surface area contributed by atoms with Gasteiger partial charge < -0.3 is 25.4 Å². The van der Waals surface area contributed by atoms with Crippen LogP contribution in [0.4, 0.5) is 4.79 Å². The minimum atomic E-state index is -1.10. The zero-order valence-electron chi connectivity index (χ0n) is 20.8. The molecule has 0 aromatic heterocycles. The zero-order chi connectivity index (χ0) is 25.5. The van der Waals surface area contributed by atoms with Gasteiger partial charge in [-0.25, -0.2) is 9.59 Å². The van der Waals surface area contributed by atoms with Crippen LogP contribution in [-0.2, 0) is 14.3 Å². The van der Waals surface area contributed by atoms with Gasteiger partial charge in [-0.05, 0) is 48.7 Å². The average molecular weight is 482 g/mol. The lowest BCUT2D eigenvalue weighted by Crippen LogP contribution is -2.50. The maximum atomic E-state index is 12.8. The lowest BCUT2D eigenvalue weighted by atomic mass is 9.96. The van der Waals surface area contributed by atoms with Crippen molar-refractivity contribution in [3.05, 3.63) is 59.7 Å². The maximum Gasteiger partial charge on any atom is 0.407 e. The van der Waals surface area contributed by atoms with Gasteiger partial charge in [0, 0.05) is 19.0 Å². The van der Waals surface area contributed by atoms with Crippen LogP contribution in [-0.4, -0.2) is 67.8 Å². The molecule has 1 aliphatic rings. The fraction of sp³-hybridized carbons (Fsp3) is 0.444. The largest absolute Gasteiger partial charge is 0.480 e. The molecule has 8 nitrogen and oxygen atoms in total. The van der Waals surface area contributed by atoms with Gasteiger partial charge in [-0.2, -0.15) is 0 Å². The van der Waals surface area contributed by atoms with Crippen LogP contribution in [0.2, 0.25) is 0 Å². The summed E-state index contributed by atoms with van der Waals surface area (Å²) in [5.41, 5.74) is 4.55. The molecule has 2 aromatic carbocycles. The Kier molecular flexibility index (Phi) is 8.87. The Morgan fingerprint density at radius 1 is 1.00 bits per heavy atom. The van der Waals surface area contributed by atoms with Gasteiger partial charge in [0.15, 0.2) is 0 Å². The Hall–Kier alpha value is -3.39. The number of carbonyl (C=O) groups is 3. The van der Waals surface area contributed by atoms with Crippen molar-refractivity contribution >= 4 is 18.0 Å². The minimum Gasteiger partial charge on any atom is -0.480 e. The third-order valence-corrected chi connectivity index (χ3v) is 6.13. The van der Waals surface area contributed by atoms with Crippen LogP contribution in [0.3, 0.4) is 0 Å². The number of alkyl carbamates (subject to hydrolysis) is 1. The number of aliphatic carboxylic acids is 1. The summed E-state index contributed by atoms with van der Waals surface area (Å²) < 4.78 is 5.56. The molecule has 0 saturated heterocycles. The van der Waals surface area contributed by atoms with E-state index in [2.05, 4.69) is 34.9 Å². The number of fused-ring (bicyclic) bond motifs is 3. The second-order valence-corrected chi connectivity index (χ2v) is 9.69. The van der Waals surface area contributed by atoms with Crippen LogP contribution in [0, 0.1) is 11.8 Å². The molecule has 2 aromatic rings. The molecule has 0 radical (unpaired) electrons. The summed E-state index contributed by atoms with van der Waals surface area (Å²) in [6.45, 7) is 4.37. The van der Waals surface area contributed by atoms with Crippen molar-refractivity contribution in [3.63, 3.8) is 0 Å². The predicted octanol–water partition coefficient (Wildman–Crippen LogP) is 3.32. The highest BCUT2D eigenvalue weighted by molar-refractivity contribution is 5.85. The molecule has 0 saturated carbocycles. The lowest BCUT2D eigenvalue weighted by Gasteiger charge is -2.23. The Balaban J connectivity index is 1.59. The topological polar surface area (TPSA) is 108 Å². The van der Waals surface area contributed by atoms with E-state index in [9.17, 15) is 19.5 Å². The first-order chi connectivity index (χ1) is 16.7. The summed E-state index contributed by atoms with van der Waals surface area (Å²) in [6.07, 6.45) is -0.0967. The smallest absolute Gasteiger partial charge is 0.407 e. The van der Waals surface area contributed by atoms with E-state index in [0.717, 1.165) is 22.3 Å². The van der Waals surface area contributed by atoms with Gasteiger partial charge in [-0.15, -0.1) is 0 Å². The number of carboxylic acid groups (broad SMARTS) is 1. The Morgan fingerprint density at radius 3 is 2.09 bits per heavy atom. The molecule has 0 fully saturated rings. The van der Waals surface area contributed by atoms with Gasteiger partial charge in [0.2, 0.25) is 5.91 Å². The normalized spacial score (nSPS) is 14.2. The molecule has 0 heterocycles. The monoisotopic (exact) mass is 481 g/mol. The lowest BCUT2D eigenvalue weighted by molar-refractivity contribution is -0.143. The molecule has 1 aliphatic carbocycles. The third-order valence-electron chi connectivity index (χ3n) is 6.13. The van der Waals surface area contributed by atoms with E-state index in [-0.39, 0.29) is 31.5 Å². The van der Waals surface area contributed by atoms with Crippen LogP contribution >= 0.6 is 0 Å². The number of nitrogens with zero attached hydrogens (tertiary/aromatic N) is 1. The Bertz CT molecular complexity index is 1010. The first kappa shape index (κ1) is 26.2. The summed E-state index contributed by atoms with van der Waals surface area (Å²) in [5.74, 6) is -1.93. The molecule has 3 rings (SSSR count). The minimum absolute atomic E-state index is 0.0507. The van der Waals surface area contributed by atoms with Crippen LogP contribution in [0.5, 0.6) is 0 Å². The summed E-state index contributed by atoms with van der Waals surface area (Å²) in [6, 6.07) is 15.2. The fourth-order valence-electron chi connectivity index (χ4n) is 4.55. The van der Waals surface area contributed by atoms with E-state index in [1.54, 1.807) is 19.0 Å². The van der Waals surface area contributed by atoms with Gasteiger partial charge >= 0.3 is 12.1 Å². The molecule has 3 N–H and O–H groups in total. The van der Waals surface area contributed by atoms with E-state index in [4.69, 9.17) is 4.74 Å². The van der Waals surface area contributed by atoms with Crippen molar-refractivity contribution in [1.82, 2.24) is 15.5 Å². The molecule has 188 valence electrons. The first-order valence-electron chi connectivity index (χ1n) is 11.9. The molecule has 2 amide bonds. The molecule has 0 bridgehead atoms. The molecule has 35 heavy (non-hydrogen) atoms. The highest BCUT2D eigenvalue weighted by atomic mass is 16.5. The number of ether oxygens (including phenoxy) is 1. The van der Waals surface area contributed by atoms with Crippen molar-refractivity contribution in [2.75, 3.05) is 33.8 Å². The SMILES string of the molecule is CC(C)CC(CNC(=O)OCC1c2ccccc2-c2ccccc21)C(=O)N[C@@H](CN(C)C)C(=O)O. The maximum absolute atomic E-state index is 12.8. The van der Waals surface area contributed by atoms with Gasteiger partial charge in [0.05, 0.1) is 5.92 Å². The number of carboxylic acids is 1. The van der Waals surface area contributed by atoms with Gasteiger partial charge in [-0.3, -0.25) is 4.79 Å². The second kappa shape index (κ2) is 11.8. The summed E-state index contributed by atoms with van der Waals surface area (Å²) in [4.78, 5) is 38.6. The van der Waals surface area contributed by atoms with Crippen molar-refractivity contribution in [3.8, 4) is 11.1 Å². The Labute approximate surface area is 206 Å². The zero-order valence-corrected chi connectivity index (χ0v) is 20.8. The Morgan fingerprint density at radius 2 is 1.57 bits per heavy atom. The van der Waals surface area contributed by atoms with Crippen molar-refractivity contribution in [1.29, 1.82) is 0 Å². The van der Waals surface area contributed by atoms with Crippen LogP contribution in [0.15, 0.2) is 48.5 Å². The average Bonchev–Trinajstić information content (AvgIpc) is 3.13. The van der Waals surface area contributed by atoms with Crippen LogP contribution in [0.25, 0.3) is 11.1 Å².